The van der Waals surface area contributed by atoms with E-state index in [0.717, 1.165) is 42.0 Å². The second-order valence-electron chi connectivity index (χ2n) is 4.68. The molecule has 0 saturated carbocycles. The normalized spacial score (nSPS) is 22.9. The SMILES string of the molecule is Nc1ccc(Br)cc1N1CCN2C(=O)NCC2C1. The summed E-state index contributed by atoms with van der Waals surface area (Å²) in [7, 11) is 0. The van der Waals surface area contributed by atoms with Crippen molar-refractivity contribution in [2.45, 2.75) is 6.04 Å². The van der Waals surface area contributed by atoms with Gasteiger partial charge in [0, 0.05) is 30.7 Å². The maximum atomic E-state index is 11.5. The number of benzene rings is 1. The predicted molar refractivity (Wildman–Crippen MR) is 74.7 cm³/mol. The minimum Gasteiger partial charge on any atom is -0.397 e. The highest BCUT2D eigenvalue weighted by Crippen LogP contribution is 2.29. The number of anilines is 2. The zero-order valence-electron chi connectivity index (χ0n) is 9.90. The van der Waals surface area contributed by atoms with E-state index in [1.807, 2.05) is 23.1 Å². The van der Waals surface area contributed by atoms with E-state index in [0.29, 0.717) is 0 Å². The molecule has 3 rings (SSSR count). The molecule has 1 atom stereocenters. The molecule has 0 bridgehead atoms. The van der Waals surface area contributed by atoms with E-state index in [4.69, 9.17) is 5.73 Å². The summed E-state index contributed by atoms with van der Waals surface area (Å²) in [5, 5.41) is 2.88. The molecule has 5 nitrogen and oxygen atoms in total. The summed E-state index contributed by atoms with van der Waals surface area (Å²) < 4.78 is 1.02. The number of nitrogens with two attached hydrogens (primary N) is 1. The molecular weight excluding hydrogens is 296 g/mol. The number of urea groups is 1. The van der Waals surface area contributed by atoms with Crippen LogP contribution in [0, 0.1) is 0 Å². The third-order valence-electron chi connectivity index (χ3n) is 3.57. The monoisotopic (exact) mass is 310 g/mol. The third-order valence-corrected chi connectivity index (χ3v) is 4.06. The molecule has 6 heteroatoms. The van der Waals surface area contributed by atoms with Crippen LogP contribution in [0.25, 0.3) is 0 Å². The Hall–Kier alpha value is -1.43. The van der Waals surface area contributed by atoms with E-state index in [-0.39, 0.29) is 12.1 Å². The van der Waals surface area contributed by atoms with Gasteiger partial charge in [0.2, 0.25) is 0 Å². The number of carbonyl (C=O) groups is 1. The van der Waals surface area contributed by atoms with Crippen molar-refractivity contribution in [2.75, 3.05) is 36.8 Å². The first-order valence-electron chi connectivity index (χ1n) is 5.99. The van der Waals surface area contributed by atoms with E-state index in [9.17, 15) is 4.79 Å². The average molecular weight is 311 g/mol. The second-order valence-corrected chi connectivity index (χ2v) is 5.60. The predicted octanol–water partition coefficient (Wildman–Crippen LogP) is 1.25. The molecule has 2 saturated heterocycles. The third kappa shape index (κ3) is 1.90. The number of rotatable bonds is 1. The van der Waals surface area contributed by atoms with Gasteiger partial charge in [-0.25, -0.2) is 4.79 Å². The van der Waals surface area contributed by atoms with Crippen LogP contribution in [0.5, 0.6) is 0 Å². The molecule has 3 N–H and O–H groups in total. The lowest BCUT2D eigenvalue weighted by Crippen LogP contribution is -2.52. The van der Waals surface area contributed by atoms with E-state index in [1.165, 1.54) is 0 Å². The summed E-state index contributed by atoms with van der Waals surface area (Å²) in [6.45, 7) is 3.13. The van der Waals surface area contributed by atoms with Crippen LogP contribution in [-0.2, 0) is 0 Å². The van der Waals surface area contributed by atoms with E-state index < -0.39 is 0 Å². The molecule has 2 amide bonds. The molecular formula is C12H15BrN4O. The first-order valence-corrected chi connectivity index (χ1v) is 6.79. The molecule has 0 aliphatic carbocycles. The lowest BCUT2D eigenvalue weighted by atomic mass is 10.1. The van der Waals surface area contributed by atoms with E-state index in [1.54, 1.807) is 0 Å². The Morgan fingerprint density at radius 2 is 2.22 bits per heavy atom. The number of halogens is 1. The standard InChI is InChI=1S/C12H15BrN4O/c13-8-1-2-10(14)11(5-8)16-3-4-17-9(7-16)6-15-12(17)18/h1-2,5,9H,3-4,6-7,14H2,(H,15,18). The zero-order valence-corrected chi connectivity index (χ0v) is 11.5. The second kappa shape index (κ2) is 4.35. The smallest absolute Gasteiger partial charge is 0.317 e. The lowest BCUT2D eigenvalue weighted by Gasteiger charge is -2.38. The van der Waals surface area contributed by atoms with Crippen LogP contribution in [0.3, 0.4) is 0 Å². The number of nitrogens with one attached hydrogen (secondary N) is 1. The Bertz CT molecular complexity index is 493. The molecule has 96 valence electrons. The van der Waals surface area contributed by atoms with Gasteiger partial charge in [-0.2, -0.15) is 0 Å². The quantitative estimate of drug-likeness (QED) is 0.767. The molecule has 2 heterocycles. The molecule has 0 aromatic heterocycles. The molecule has 0 spiro atoms. The molecule has 2 aliphatic heterocycles. The fraction of sp³-hybridized carbons (Fsp3) is 0.417. The van der Waals surface area contributed by atoms with Crippen molar-refractivity contribution in [1.82, 2.24) is 10.2 Å². The van der Waals surface area contributed by atoms with Gasteiger partial charge in [-0.15, -0.1) is 0 Å². The van der Waals surface area contributed by atoms with Gasteiger partial charge in [0.25, 0.3) is 0 Å². The Labute approximate surface area is 114 Å². The van der Waals surface area contributed by atoms with Crippen LogP contribution < -0.4 is 16.0 Å². The maximum absolute atomic E-state index is 11.5. The van der Waals surface area contributed by atoms with Crippen LogP contribution >= 0.6 is 15.9 Å². The summed E-state index contributed by atoms with van der Waals surface area (Å²) in [5.41, 5.74) is 7.85. The molecule has 18 heavy (non-hydrogen) atoms. The van der Waals surface area contributed by atoms with E-state index >= 15 is 0 Å². The summed E-state index contributed by atoms with van der Waals surface area (Å²) >= 11 is 3.47. The van der Waals surface area contributed by atoms with Crippen molar-refractivity contribution < 1.29 is 4.79 Å². The van der Waals surface area contributed by atoms with Crippen LogP contribution in [0.2, 0.25) is 0 Å². The van der Waals surface area contributed by atoms with Gasteiger partial charge in [-0.05, 0) is 18.2 Å². The van der Waals surface area contributed by atoms with Crippen molar-refractivity contribution in [1.29, 1.82) is 0 Å². The number of hydrogen-bond acceptors (Lipinski definition) is 3. The van der Waals surface area contributed by atoms with E-state index in [2.05, 4.69) is 26.1 Å². The fourth-order valence-electron chi connectivity index (χ4n) is 2.61. The fourth-order valence-corrected chi connectivity index (χ4v) is 2.96. The summed E-state index contributed by atoms with van der Waals surface area (Å²) in [6, 6.07) is 6.20. The van der Waals surface area contributed by atoms with Crippen molar-refractivity contribution >= 4 is 33.3 Å². The van der Waals surface area contributed by atoms with Gasteiger partial charge in [0.05, 0.1) is 17.4 Å². The largest absolute Gasteiger partial charge is 0.397 e. The van der Waals surface area contributed by atoms with Gasteiger partial charge in [-0.3, -0.25) is 0 Å². The van der Waals surface area contributed by atoms with Crippen LogP contribution in [0.15, 0.2) is 22.7 Å². The number of carbonyl (C=O) groups excluding carboxylic acids is 1. The summed E-state index contributed by atoms with van der Waals surface area (Å²) in [6.07, 6.45) is 0. The first kappa shape index (κ1) is 11.6. The number of fused-ring (bicyclic) bond motifs is 1. The highest BCUT2D eigenvalue weighted by molar-refractivity contribution is 9.10. The number of hydrogen-bond donors (Lipinski definition) is 2. The van der Waals surface area contributed by atoms with Crippen LogP contribution in [0.1, 0.15) is 0 Å². The Morgan fingerprint density at radius 3 is 3.06 bits per heavy atom. The Balaban J connectivity index is 1.82. The maximum Gasteiger partial charge on any atom is 0.317 e. The van der Waals surface area contributed by atoms with Gasteiger partial charge < -0.3 is 20.9 Å². The Kier molecular flexibility index (Phi) is 2.81. The molecule has 1 unspecified atom stereocenters. The summed E-state index contributed by atoms with van der Waals surface area (Å²) in [4.78, 5) is 15.7. The minimum atomic E-state index is 0.0573. The van der Waals surface area contributed by atoms with Crippen LogP contribution in [-0.4, -0.2) is 43.2 Å². The highest BCUT2D eigenvalue weighted by atomic mass is 79.9. The average Bonchev–Trinajstić information content (AvgIpc) is 2.74. The van der Waals surface area contributed by atoms with Crippen molar-refractivity contribution in [3.8, 4) is 0 Å². The zero-order chi connectivity index (χ0) is 12.7. The number of piperazine rings is 1. The lowest BCUT2D eigenvalue weighted by molar-refractivity contribution is 0.198. The molecule has 1 aromatic carbocycles. The molecule has 1 aromatic rings. The van der Waals surface area contributed by atoms with Crippen molar-refractivity contribution in [3.63, 3.8) is 0 Å². The highest BCUT2D eigenvalue weighted by Gasteiger charge is 2.35. The Morgan fingerprint density at radius 1 is 1.39 bits per heavy atom. The van der Waals surface area contributed by atoms with Crippen LogP contribution in [0.4, 0.5) is 16.2 Å². The van der Waals surface area contributed by atoms with Crippen molar-refractivity contribution in [2.24, 2.45) is 0 Å². The van der Waals surface area contributed by atoms with Gasteiger partial charge in [-0.1, -0.05) is 15.9 Å². The topological polar surface area (TPSA) is 61.6 Å². The molecule has 2 fully saturated rings. The summed E-state index contributed by atoms with van der Waals surface area (Å²) in [5.74, 6) is 0. The number of nitrogens with zero attached hydrogens (tertiary/aromatic N) is 2. The molecule has 0 radical (unpaired) electrons. The van der Waals surface area contributed by atoms with Gasteiger partial charge in [0.1, 0.15) is 0 Å². The first-order chi connectivity index (χ1) is 8.65. The number of amides is 2. The van der Waals surface area contributed by atoms with Gasteiger partial charge in [0.15, 0.2) is 0 Å². The molecule has 2 aliphatic rings. The minimum absolute atomic E-state index is 0.0573. The number of nitrogen functional groups attached to an aromatic ring is 1. The van der Waals surface area contributed by atoms with Crippen molar-refractivity contribution in [3.05, 3.63) is 22.7 Å². The van der Waals surface area contributed by atoms with Gasteiger partial charge >= 0.3 is 6.03 Å².